The molecule has 0 spiro atoms. The van der Waals surface area contributed by atoms with Gasteiger partial charge in [-0.3, -0.25) is 37.3 Å². The molecule has 0 aromatic carbocycles. The molecule has 0 heterocycles. The zero-order valence-corrected chi connectivity index (χ0v) is 62.0. The van der Waals surface area contributed by atoms with Crippen LogP contribution in [0.15, 0.2) is 0 Å². The van der Waals surface area contributed by atoms with Crippen molar-refractivity contribution in [2.45, 2.75) is 382 Å². The van der Waals surface area contributed by atoms with Crippen molar-refractivity contribution in [2.75, 3.05) is 39.6 Å². The summed E-state index contributed by atoms with van der Waals surface area (Å²) >= 11 is 0. The van der Waals surface area contributed by atoms with E-state index in [0.717, 1.165) is 114 Å². The van der Waals surface area contributed by atoms with Crippen molar-refractivity contribution in [3.8, 4) is 0 Å². The van der Waals surface area contributed by atoms with E-state index in [1.807, 2.05) is 0 Å². The number of rotatable bonds is 70. The van der Waals surface area contributed by atoms with Crippen LogP contribution in [0.4, 0.5) is 0 Å². The molecule has 546 valence electrons. The van der Waals surface area contributed by atoms with Crippen LogP contribution in [0.3, 0.4) is 0 Å². The number of phosphoric acid groups is 2. The Hall–Kier alpha value is -1.94. The van der Waals surface area contributed by atoms with E-state index < -0.39 is 97.5 Å². The number of esters is 4. The van der Waals surface area contributed by atoms with Gasteiger partial charge >= 0.3 is 39.5 Å². The minimum absolute atomic E-state index is 0.102. The standard InChI is InChI=1S/C73H142O17P2/c1-9-66(8)52-44-36-31-32-40-48-56-73(78)90-69(60-84-71(76)54-46-38-30-24-27-35-43-51-65(6)7)62-88-92(81,82)86-58-67(74)57-85-91(79,80)87-61-68(59-83-70(75)53-45-37-28-22-19-18-21-26-34-42-50-64(4)5)89-72(77)55-47-39-29-23-17-15-13-11-10-12-14-16-20-25-33-41-49-63(2)3/h63-69,74H,9-62H2,1-8H3,(H,79,80)(H,81,82)/t66?,67?,68-,69-/m1/s1. The second-order valence-corrected chi connectivity index (χ2v) is 30.9. The number of phosphoric ester groups is 2. The Morgan fingerprint density at radius 2 is 0.522 bits per heavy atom. The molecule has 0 saturated carbocycles. The monoisotopic (exact) mass is 1350 g/mol. The van der Waals surface area contributed by atoms with E-state index in [-0.39, 0.29) is 25.7 Å². The third-order valence-corrected chi connectivity index (χ3v) is 19.1. The number of ether oxygens (including phenoxy) is 4. The summed E-state index contributed by atoms with van der Waals surface area (Å²) in [6.07, 6.45) is 46.0. The normalized spacial score (nSPS) is 14.5. The second-order valence-electron chi connectivity index (χ2n) is 28.0. The molecule has 0 bridgehead atoms. The zero-order chi connectivity index (χ0) is 68.2. The van der Waals surface area contributed by atoms with E-state index >= 15 is 0 Å². The minimum atomic E-state index is -4.96. The first-order valence-electron chi connectivity index (χ1n) is 37.7. The van der Waals surface area contributed by atoms with Crippen molar-refractivity contribution >= 4 is 39.5 Å². The minimum Gasteiger partial charge on any atom is -0.462 e. The maximum Gasteiger partial charge on any atom is 0.472 e. The summed E-state index contributed by atoms with van der Waals surface area (Å²) in [4.78, 5) is 72.6. The molecule has 0 aromatic heterocycles. The Balaban J connectivity index is 5.22. The number of aliphatic hydroxyl groups excluding tert-OH is 1. The fraction of sp³-hybridized carbons (Fsp3) is 0.945. The number of hydrogen-bond acceptors (Lipinski definition) is 15. The summed E-state index contributed by atoms with van der Waals surface area (Å²) in [6, 6.07) is 0. The van der Waals surface area contributed by atoms with E-state index in [1.54, 1.807) is 0 Å². The highest BCUT2D eigenvalue weighted by Gasteiger charge is 2.30. The summed E-state index contributed by atoms with van der Waals surface area (Å²) < 4.78 is 68.4. The fourth-order valence-corrected chi connectivity index (χ4v) is 12.6. The number of unbranched alkanes of at least 4 members (excludes halogenated alkanes) is 35. The molecule has 4 unspecified atom stereocenters. The van der Waals surface area contributed by atoms with Crippen LogP contribution < -0.4 is 0 Å². The van der Waals surface area contributed by atoms with E-state index in [2.05, 4.69) is 55.4 Å². The molecular formula is C73H142O17P2. The molecule has 0 saturated heterocycles. The van der Waals surface area contributed by atoms with Crippen LogP contribution in [0, 0.1) is 23.7 Å². The topological polar surface area (TPSA) is 237 Å². The summed E-state index contributed by atoms with van der Waals surface area (Å²) in [7, 11) is -9.91. The average molecular weight is 1350 g/mol. The zero-order valence-electron chi connectivity index (χ0n) is 60.2. The van der Waals surface area contributed by atoms with Gasteiger partial charge in [-0.15, -0.1) is 0 Å². The summed E-state index contributed by atoms with van der Waals surface area (Å²) in [5.74, 6) is 0.864. The molecule has 0 aromatic rings. The van der Waals surface area contributed by atoms with Crippen molar-refractivity contribution in [3.63, 3.8) is 0 Å². The van der Waals surface area contributed by atoms with Gasteiger partial charge in [0.1, 0.15) is 19.3 Å². The van der Waals surface area contributed by atoms with Crippen molar-refractivity contribution < 1.29 is 80.2 Å². The Morgan fingerprint density at radius 3 is 0.772 bits per heavy atom. The van der Waals surface area contributed by atoms with Crippen molar-refractivity contribution in [2.24, 2.45) is 23.7 Å². The number of carbonyl (C=O) groups excluding carboxylic acids is 4. The lowest BCUT2D eigenvalue weighted by molar-refractivity contribution is -0.161. The molecule has 92 heavy (non-hydrogen) atoms. The Labute approximate surface area is 562 Å². The predicted molar refractivity (Wildman–Crippen MR) is 372 cm³/mol. The van der Waals surface area contributed by atoms with Crippen LogP contribution in [-0.2, 0) is 65.4 Å². The summed E-state index contributed by atoms with van der Waals surface area (Å²) in [5.41, 5.74) is 0. The van der Waals surface area contributed by atoms with Crippen LogP contribution in [0.1, 0.15) is 364 Å². The van der Waals surface area contributed by atoms with Gasteiger partial charge in [-0.2, -0.15) is 0 Å². The van der Waals surface area contributed by atoms with Crippen LogP contribution in [0.25, 0.3) is 0 Å². The highest BCUT2D eigenvalue weighted by atomic mass is 31.2. The molecule has 0 fully saturated rings. The van der Waals surface area contributed by atoms with Crippen molar-refractivity contribution in [3.05, 3.63) is 0 Å². The fourth-order valence-electron chi connectivity index (χ4n) is 11.0. The first-order chi connectivity index (χ1) is 44.1. The first kappa shape index (κ1) is 90.1. The number of carbonyl (C=O) groups is 4. The molecule has 19 heteroatoms. The SMILES string of the molecule is CCC(C)CCCCCCCCC(=O)O[C@H](COC(=O)CCCCCCCCCC(C)C)COP(=O)(O)OCC(O)COP(=O)(O)OC[C@@H](COC(=O)CCCCCCCCCCCCC(C)C)OC(=O)CCCCCCCCCCCCCCCCCCC(C)C. The Bertz CT molecular complexity index is 1820. The summed E-state index contributed by atoms with van der Waals surface area (Å²) in [5, 5.41) is 10.6. The number of hydrogen-bond donors (Lipinski definition) is 3. The lowest BCUT2D eigenvalue weighted by Gasteiger charge is -2.21. The number of aliphatic hydroxyl groups is 1. The smallest absolute Gasteiger partial charge is 0.462 e. The van der Waals surface area contributed by atoms with Gasteiger partial charge in [0.05, 0.1) is 26.4 Å². The van der Waals surface area contributed by atoms with Gasteiger partial charge in [0.15, 0.2) is 12.2 Å². The van der Waals surface area contributed by atoms with Crippen LogP contribution in [0.2, 0.25) is 0 Å². The Morgan fingerprint density at radius 1 is 0.304 bits per heavy atom. The highest BCUT2D eigenvalue weighted by Crippen LogP contribution is 2.45. The van der Waals surface area contributed by atoms with Gasteiger partial charge in [0, 0.05) is 25.7 Å². The Kier molecular flexibility index (Phi) is 61.3. The average Bonchev–Trinajstić information content (AvgIpc) is 2.80. The van der Waals surface area contributed by atoms with Gasteiger partial charge < -0.3 is 33.8 Å². The first-order valence-corrected chi connectivity index (χ1v) is 40.7. The third-order valence-electron chi connectivity index (χ3n) is 17.2. The largest absolute Gasteiger partial charge is 0.472 e. The molecule has 0 rings (SSSR count). The van der Waals surface area contributed by atoms with Gasteiger partial charge in [-0.25, -0.2) is 9.13 Å². The van der Waals surface area contributed by atoms with E-state index in [0.29, 0.717) is 31.6 Å². The van der Waals surface area contributed by atoms with Crippen LogP contribution in [-0.4, -0.2) is 96.7 Å². The van der Waals surface area contributed by atoms with E-state index in [4.69, 9.17) is 37.0 Å². The van der Waals surface area contributed by atoms with Gasteiger partial charge in [0.2, 0.25) is 0 Å². The van der Waals surface area contributed by atoms with Crippen molar-refractivity contribution in [1.82, 2.24) is 0 Å². The summed E-state index contributed by atoms with van der Waals surface area (Å²) in [6.45, 7) is 14.1. The molecule has 0 aliphatic rings. The molecule has 0 amide bonds. The molecule has 0 radical (unpaired) electrons. The lowest BCUT2D eigenvalue weighted by atomic mass is 10.00. The molecular weight excluding hydrogens is 1210 g/mol. The molecule has 0 aliphatic heterocycles. The van der Waals surface area contributed by atoms with Crippen molar-refractivity contribution in [1.29, 1.82) is 0 Å². The quantitative estimate of drug-likeness (QED) is 0.0222. The maximum atomic E-state index is 13.1. The molecule has 6 atom stereocenters. The van der Waals surface area contributed by atoms with E-state index in [1.165, 1.54) is 161 Å². The molecule has 17 nitrogen and oxygen atoms in total. The van der Waals surface area contributed by atoms with E-state index in [9.17, 15) is 43.2 Å². The second kappa shape index (κ2) is 62.6. The molecule has 3 N–H and O–H groups in total. The predicted octanol–water partition coefficient (Wildman–Crippen LogP) is 20.9. The van der Waals surface area contributed by atoms with Gasteiger partial charge in [0.25, 0.3) is 0 Å². The third kappa shape index (κ3) is 65.4. The van der Waals surface area contributed by atoms with Crippen LogP contribution >= 0.6 is 15.6 Å². The highest BCUT2D eigenvalue weighted by molar-refractivity contribution is 7.47. The lowest BCUT2D eigenvalue weighted by Crippen LogP contribution is -2.30. The van der Waals surface area contributed by atoms with Crippen LogP contribution in [0.5, 0.6) is 0 Å². The van der Waals surface area contributed by atoms with Gasteiger partial charge in [-0.1, -0.05) is 312 Å². The molecule has 0 aliphatic carbocycles. The van der Waals surface area contributed by atoms with Gasteiger partial charge in [-0.05, 0) is 49.4 Å². The maximum absolute atomic E-state index is 13.1.